The van der Waals surface area contributed by atoms with Crippen LogP contribution in [0.2, 0.25) is 0 Å². The Bertz CT molecular complexity index is 1540. The summed E-state index contributed by atoms with van der Waals surface area (Å²) in [6.07, 6.45) is 1.42. The summed E-state index contributed by atoms with van der Waals surface area (Å²) < 4.78 is 7.70. The van der Waals surface area contributed by atoms with Gasteiger partial charge in [-0.05, 0) is 12.1 Å². The molecule has 1 amide bonds. The van der Waals surface area contributed by atoms with Gasteiger partial charge in [-0.3, -0.25) is 18.7 Å². The first-order valence-corrected chi connectivity index (χ1v) is 11.7. The van der Waals surface area contributed by atoms with Gasteiger partial charge in [-0.15, -0.1) is 0 Å². The molecule has 5 rings (SSSR count). The Morgan fingerprint density at radius 3 is 2.39 bits per heavy atom. The van der Waals surface area contributed by atoms with Crippen molar-refractivity contribution in [3.63, 3.8) is 0 Å². The van der Waals surface area contributed by atoms with Gasteiger partial charge < -0.3 is 14.5 Å². The number of piperazine rings is 1. The highest BCUT2D eigenvalue weighted by atomic mass is 16.5. The van der Waals surface area contributed by atoms with Crippen LogP contribution in [-0.2, 0) is 18.4 Å². The first-order valence-electron chi connectivity index (χ1n) is 11.7. The first-order chi connectivity index (χ1) is 17.5. The van der Waals surface area contributed by atoms with Crippen molar-refractivity contribution in [2.45, 2.75) is 6.54 Å². The van der Waals surface area contributed by atoms with Gasteiger partial charge in [-0.1, -0.05) is 42.5 Å². The molecule has 184 valence electrons. The molecule has 1 saturated heterocycles. The second-order valence-electron chi connectivity index (χ2n) is 8.57. The fourth-order valence-corrected chi connectivity index (χ4v) is 4.47. The molecule has 0 aliphatic carbocycles. The van der Waals surface area contributed by atoms with Crippen LogP contribution in [0.3, 0.4) is 0 Å². The number of nitrogens with zero attached hydrogens (tertiary/aromatic N) is 6. The highest BCUT2D eigenvalue weighted by Crippen LogP contribution is 2.28. The summed E-state index contributed by atoms with van der Waals surface area (Å²) in [4.78, 5) is 51.9. The van der Waals surface area contributed by atoms with Gasteiger partial charge in [-0.2, -0.15) is 0 Å². The average molecular weight is 487 g/mol. The number of carbonyl (C=O) groups is 1. The van der Waals surface area contributed by atoms with Crippen molar-refractivity contribution in [3.8, 4) is 17.1 Å². The third-order valence-electron chi connectivity index (χ3n) is 6.46. The largest absolute Gasteiger partial charge is 0.495 e. The van der Waals surface area contributed by atoms with E-state index in [1.807, 2.05) is 54.6 Å². The van der Waals surface area contributed by atoms with E-state index in [4.69, 9.17) is 4.74 Å². The minimum Gasteiger partial charge on any atom is -0.495 e. The molecule has 0 spiro atoms. The van der Waals surface area contributed by atoms with Gasteiger partial charge in [0, 0.05) is 45.0 Å². The molecule has 1 fully saturated rings. The van der Waals surface area contributed by atoms with Crippen LogP contribution in [0.4, 0.5) is 5.69 Å². The lowest BCUT2D eigenvalue weighted by Gasteiger charge is -2.36. The number of aromatic nitrogens is 4. The fraction of sp³-hybridized carbons (Fsp3) is 0.269. The first kappa shape index (κ1) is 23.3. The Balaban J connectivity index is 1.36. The zero-order valence-electron chi connectivity index (χ0n) is 20.1. The summed E-state index contributed by atoms with van der Waals surface area (Å²) in [5.74, 6) is 0.912. The van der Waals surface area contributed by atoms with Crippen LogP contribution in [0.15, 0.2) is 70.4 Å². The predicted molar refractivity (Wildman–Crippen MR) is 136 cm³/mol. The van der Waals surface area contributed by atoms with Gasteiger partial charge in [0.05, 0.1) is 12.8 Å². The second-order valence-corrected chi connectivity index (χ2v) is 8.57. The van der Waals surface area contributed by atoms with Gasteiger partial charge in [0.25, 0.3) is 5.56 Å². The lowest BCUT2D eigenvalue weighted by atomic mass is 10.2. The summed E-state index contributed by atoms with van der Waals surface area (Å²) in [6, 6.07) is 17.1. The maximum Gasteiger partial charge on any atom is 0.332 e. The normalized spacial score (nSPS) is 13.7. The molecule has 2 aromatic carbocycles. The van der Waals surface area contributed by atoms with Crippen molar-refractivity contribution < 1.29 is 9.53 Å². The van der Waals surface area contributed by atoms with Crippen molar-refractivity contribution >= 4 is 22.6 Å². The number of ether oxygens (including phenoxy) is 1. The van der Waals surface area contributed by atoms with E-state index in [-0.39, 0.29) is 23.5 Å². The van der Waals surface area contributed by atoms with Crippen molar-refractivity contribution in [1.29, 1.82) is 0 Å². The molecule has 0 unspecified atom stereocenters. The third-order valence-corrected chi connectivity index (χ3v) is 6.46. The van der Waals surface area contributed by atoms with Crippen molar-refractivity contribution in [1.82, 2.24) is 24.0 Å². The molecule has 0 atom stereocenters. The third kappa shape index (κ3) is 4.21. The van der Waals surface area contributed by atoms with Gasteiger partial charge >= 0.3 is 5.69 Å². The van der Waals surface area contributed by atoms with Gasteiger partial charge in [0.2, 0.25) is 5.91 Å². The van der Waals surface area contributed by atoms with Crippen molar-refractivity contribution in [2.24, 2.45) is 7.05 Å². The van der Waals surface area contributed by atoms with E-state index < -0.39 is 11.2 Å². The monoisotopic (exact) mass is 486 g/mol. The van der Waals surface area contributed by atoms with Crippen molar-refractivity contribution in [2.75, 3.05) is 38.2 Å². The molecule has 10 nitrogen and oxygen atoms in total. The van der Waals surface area contributed by atoms with E-state index in [9.17, 15) is 14.4 Å². The number of amides is 1. The average Bonchev–Trinajstić information content (AvgIpc) is 2.94. The molecule has 2 aromatic heterocycles. The van der Waals surface area contributed by atoms with E-state index in [0.717, 1.165) is 21.6 Å². The standard InChI is InChI=1S/C26H26N6O4/c1-29-24-19(16-27-23(28-24)18-8-4-3-5-9-18)25(34)32(26(29)35)17-22(33)31-14-12-30(13-15-31)20-10-6-7-11-21(20)36-2/h3-11,16H,12-15,17H2,1-2H3. The Kier molecular flexibility index (Phi) is 6.24. The summed E-state index contributed by atoms with van der Waals surface area (Å²) >= 11 is 0. The minimum atomic E-state index is -0.591. The van der Waals surface area contributed by atoms with Gasteiger partial charge in [-0.25, -0.2) is 14.8 Å². The smallest absolute Gasteiger partial charge is 0.332 e. The number of hydrogen-bond donors (Lipinski definition) is 0. The number of rotatable bonds is 5. The maximum atomic E-state index is 13.2. The number of para-hydroxylation sites is 2. The predicted octanol–water partition coefficient (Wildman–Crippen LogP) is 1.51. The minimum absolute atomic E-state index is 0.186. The van der Waals surface area contributed by atoms with Crippen LogP contribution < -0.4 is 20.9 Å². The number of methoxy groups -OCH3 is 1. The molecular weight excluding hydrogens is 460 g/mol. The van der Waals surface area contributed by atoms with E-state index in [1.165, 1.54) is 10.8 Å². The topological polar surface area (TPSA) is 103 Å². The van der Waals surface area contributed by atoms with Crippen LogP contribution in [0, 0.1) is 0 Å². The zero-order chi connectivity index (χ0) is 25.2. The number of carbonyl (C=O) groups excluding carboxylic acids is 1. The van der Waals surface area contributed by atoms with Gasteiger partial charge in [0.15, 0.2) is 11.5 Å². The lowest BCUT2D eigenvalue weighted by molar-refractivity contribution is -0.132. The Hall–Kier alpha value is -4.47. The molecular formula is C26H26N6O4. The molecule has 0 radical (unpaired) electrons. The van der Waals surface area contributed by atoms with Crippen LogP contribution in [-0.4, -0.2) is 63.2 Å². The molecule has 1 aliphatic rings. The van der Waals surface area contributed by atoms with Crippen molar-refractivity contribution in [3.05, 3.63) is 81.6 Å². The van der Waals surface area contributed by atoms with E-state index >= 15 is 0 Å². The highest BCUT2D eigenvalue weighted by molar-refractivity contribution is 5.78. The van der Waals surface area contributed by atoms with Crippen LogP contribution >= 0.6 is 0 Å². The number of aryl methyl sites for hydroxylation is 1. The summed E-state index contributed by atoms with van der Waals surface area (Å²) in [7, 11) is 3.17. The van der Waals surface area contributed by atoms with Crippen LogP contribution in [0.5, 0.6) is 5.75 Å². The Morgan fingerprint density at radius 1 is 0.972 bits per heavy atom. The molecule has 36 heavy (non-hydrogen) atoms. The molecule has 10 heteroatoms. The number of anilines is 1. The number of benzene rings is 2. The quantitative estimate of drug-likeness (QED) is 0.421. The fourth-order valence-electron chi connectivity index (χ4n) is 4.47. The zero-order valence-corrected chi connectivity index (χ0v) is 20.1. The van der Waals surface area contributed by atoms with E-state index in [2.05, 4.69) is 14.9 Å². The van der Waals surface area contributed by atoms with E-state index in [1.54, 1.807) is 19.1 Å². The molecule has 1 aliphatic heterocycles. The van der Waals surface area contributed by atoms with Crippen LogP contribution in [0.25, 0.3) is 22.4 Å². The molecule has 0 bridgehead atoms. The molecule has 3 heterocycles. The highest BCUT2D eigenvalue weighted by Gasteiger charge is 2.24. The maximum absolute atomic E-state index is 13.2. The summed E-state index contributed by atoms with van der Waals surface area (Å²) in [5.41, 5.74) is 0.813. The number of hydrogen-bond acceptors (Lipinski definition) is 7. The Morgan fingerprint density at radius 2 is 1.67 bits per heavy atom. The second kappa shape index (κ2) is 9.65. The molecule has 0 saturated carbocycles. The lowest BCUT2D eigenvalue weighted by Crippen LogP contribution is -2.51. The molecule has 4 aromatic rings. The Labute approximate surface area is 207 Å². The van der Waals surface area contributed by atoms with Crippen LogP contribution in [0.1, 0.15) is 0 Å². The molecule has 0 N–H and O–H groups in total. The summed E-state index contributed by atoms with van der Waals surface area (Å²) in [6.45, 7) is 1.85. The summed E-state index contributed by atoms with van der Waals surface area (Å²) in [5, 5.41) is 0.186. The van der Waals surface area contributed by atoms with E-state index in [0.29, 0.717) is 32.0 Å². The number of fused-ring (bicyclic) bond motifs is 1. The van der Waals surface area contributed by atoms with Gasteiger partial charge in [0.1, 0.15) is 17.7 Å². The SMILES string of the molecule is COc1ccccc1N1CCN(C(=O)Cn2c(=O)c3cnc(-c4ccccc4)nc3n(C)c2=O)CC1.